The van der Waals surface area contributed by atoms with Crippen molar-refractivity contribution in [3.05, 3.63) is 64.5 Å². The molecule has 0 saturated carbocycles. The quantitative estimate of drug-likeness (QED) is 0.671. The molecule has 3 aromatic rings. The fourth-order valence-electron chi connectivity index (χ4n) is 2.00. The summed E-state index contributed by atoms with van der Waals surface area (Å²) in [5, 5.41) is 5.10. The lowest BCUT2D eigenvalue weighted by molar-refractivity contribution is 0.681. The molecule has 0 bridgehead atoms. The van der Waals surface area contributed by atoms with Crippen molar-refractivity contribution in [1.82, 2.24) is 4.98 Å². The number of benzene rings is 1. The lowest BCUT2D eigenvalue weighted by Crippen LogP contribution is -2.04. The van der Waals surface area contributed by atoms with Crippen LogP contribution < -0.4 is 0 Å². The predicted octanol–water partition coefficient (Wildman–Crippen LogP) is 4.36. The SMILES string of the molecule is O=S(CCc1ccccc1)Cc1csc(-c2cccs2)n1. The van der Waals surface area contributed by atoms with Crippen molar-refractivity contribution in [2.45, 2.75) is 12.2 Å². The molecule has 1 aromatic carbocycles. The summed E-state index contributed by atoms with van der Waals surface area (Å²) >= 11 is 3.32. The number of aryl methyl sites for hydroxylation is 1. The van der Waals surface area contributed by atoms with Crippen LogP contribution in [0.1, 0.15) is 11.3 Å². The van der Waals surface area contributed by atoms with Crippen molar-refractivity contribution in [3.63, 3.8) is 0 Å². The summed E-state index contributed by atoms with van der Waals surface area (Å²) < 4.78 is 12.2. The zero-order valence-corrected chi connectivity index (χ0v) is 13.8. The summed E-state index contributed by atoms with van der Waals surface area (Å²) in [5.74, 6) is 1.24. The number of rotatable bonds is 6. The molecule has 0 amide bonds. The Morgan fingerprint density at radius 3 is 2.67 bits per heavy atom. The van der Waals surface area contributed by atoms with E-state index in [2.05, 4.69) is 28.6 Å². The Morgan fingerprint density at radius 1 is 1.05 bits per heavy atom. The first kappa shape index (κ1) is 14.6. The van der Waals surface area contributed by atoms with Gasteiger partial charge in [-0.25, -0.2) is 4.98 Å². The van der Waals surface area contributed by atoms with Crippen molar-refractivity contribution < 1.29 is 4.21 Å². The molecule has 0 spiro atoms. The second kappa shape index (κ2) is 7.11. The Balaban J connectivity index is 1.55. The first-order chi connectivity index (χ1) is 10.3. The number of thiazole rings is 1. The Morgan fingerprint density at radius 2 is 1.90 bits per heavy atom. The van der Waals surface area contributed by atoms with Gasteiger partial charge in [0.15, 0.2) is 0 Å². The molecule has 0 aliphatic carbocycles. The largest absolute Gasteiger partial charge is 0.259 e. The van der Waals surface area contributed by atoms with Gasteiger partial charge in [-0.1, -0.05) is 36.4 Å². The van der Waals surface area contributed by atoms with Crippen LogP contribution in [0.3, 0.4) is 0 Å². The summed E-state index contributed by atoms with van der Waals surface area (Å²) in [6, 6.07) is 14.3. The van der Waals surface area contributed by atoms with Crippen LogP contribution in [0.2, 0.25) is 0 Å². The molecule has 2 nitrogen and oxygen atoms in total. The Kier molecular flexibility index (Phi) is 4.95. The van der Waals surface area contributed by atoms with Crippen LogP contribution in [-0.2, 0) is 23.0 Å². The monoisotopic (exact) mass is 333 g/mol. The Hall–Kier alpha value is -1.30. The maximum absolute atomic E-state index is 12.2. The van der Waals surface area contributed by atoms with E-state index in [-0.39, 0.29) is 0 Å². The van der Waals surface area contributed by atoms with Crippen molar-refractivity contribution in [2.75, 3.05) is 5.75 Å². The number of hydrogen-bond donors (Lipinski definition) is 0. The molecule has 0 aliphatic rings. The third-order valence-electron chi connectivity index (χ3n) is 3.05. The van der Waals surface area contributed by atoms with Gasteiger partial charge < -0.3 is 0 Å². The van der Waals surface area contributed by atoms with Crippen LogP contribution in [-0.4, -0.2) is 14.9 Å². The molecule has 5 heteroatoms. The van der Waals surface area contributed by atoms with E-state index in [0.717, 1.165) is 17.1 Å². The van der Waals surface area contributed by atoms with Crippen molar-refractivity contribution in [1.29, 1.82) is 0 Å². The van der Waals surface area contributed by atoms with E-state index in [9.17, 15) is 4.21 Å². The molecule has 2 aromatic heterocycles. The fourth-order valence-corrected chi connectivity index (χ4v) is 4.83. The van der Waals surface area contributed by atoms with Gasteiger partial charge in [-0.05, 0) is 23.4 Å². The highest BCUT2D eigenvalue weighted by Crippen LogP contribution is 2.28. The van der Waals surface area contributed by atoms with Crippen LogP contribution in [0.15, 0.2) is 53.2 Å². The van der Waals surface area contributed by atoms with E-state index < -0.39 is 10.8 Å². The highest BCUT2D eigenvalue weighted by atomic mass is 32.2. The van der Waals surface area contributed by atoms with E-state index in [0.29, 0.717) is 11.5 Å². The Labute approximate surface area is 135 Å². The van der Waals surface area contributed by atoms with Gasteiger partial charge in [0, 0.05) is 21.9 Å². The van der Waals surface area contributed by atoms with Crippen LogP contribution in [0.25, 0.3) is 9.88 Å². The molecular weight excluding hydrogens is 318 g/mol. The van der Waals surface area contributed by atoms with Crippen LogP contribution in [0, 0.1) is 0 Å². The Bertz CT molecular complexity index is 704. The minimum Gasteiger partial charge on any atom is -0.259 e. The summed E-state index contributed by atoms with van der Waals surface area (Å²) in [6.45, 7) is 0. The van der Waals surface area contributed by atoms with E-state index in [1.54, 1.807) is 22.7 Å². The number of nitrogens with zero attached hydrogens (tertiary/aromatic N) is 1. The van der Waals surface area contributed by atoms with Gasteiger partial charge in [-0.2, -0.15) is 0 Å². The second-order valence-electron chi connectivity index (χ2n) is 4.65. The molecule has 1 atom stereocenters. The van der Waals surface area contributed by atoms with E-state index in [1.807, 2.05) is 29.6 Å². The molecule has 0 saturated heterocycles. The topological polar surface area (TPSA) is 30.0 Å². The van der Waals surface area contributed by atoms with Crippen molar-refractivity contribution in [2.24, 2.45) is 0 Å². The lowest BCUT2D eigenvalue weighted by Gasteiger charge is -2.01. The van der Waals surface area contributed by atoms with Crippen molar-refractivity contribution in [3.8, 4) is 9.88 Å². The summed E-state index contributed by atoms with van der Waals surface area (Å²) in [7, 11) is -0.857. The highest BCUT2D eigenvalue weighted by Gasteiger charge is 2.09. The standard InChI is InChI=1S/C16H15NOS3/c18-21(10-8-13-5-2-1-3-6-13)12-14-11-20-16(17-14)15-7-4-9-19-15/h1-7,9,11H,8,10,12H2. The highest BCUT2D eigenvalue weighted by molar-refractivity contribution is 7.84. The summed E-state index contributed by atoms with van der Waals surface area (Å²) in [6.07, 6.45) is 0.857. The van der Waals surface area contributed by atoms with E-state index >= 15 is 0 Å². The van der Waals surface area contributed by atoms with Gasteiger partial charge in [0.05, 0.1) is 16.3 Å². The third-order valence-corrected chi connectivity index (χ3v) is 6.26. The molecule has 0 N–H and O–H groups in total. The molecule has 2 heterocycles. The summed E-state index contributed by atoms with van der Waals surface area (Å²) in [5.41, 5.74) is 2.18. The molecule has 1 unspecified atom stereocenters. The maximum atomic E-state index is 12.2. The summed E-state index contributed by atoms with van der Waals surface area (Å²) in [4.78, 5) is 5.77. The number of hydrogen-bond acceptors (Lipinski definition) is 4. The zero-order valence-electron chi connectivity index (χ0n) is 11.4. The second-order valence-corrected chi connectivity index (χ2v) is 8.03. The minimum absolute atomic E-state index is 0.550. The smallest absolute Gasteiger partial charge is 0.133 e. The van der Waals surface area contributed by atoms with Crippen LogP contribution in [0.5, 0.6) is 0 Å². The van der Waals surface area contributed by atoms with Gasteiger partial charge >= 0.3 is 0 Å². The van der Waals surface area contributed by atoms with Gasteiger partial charge in [-0.15, -0.1) is 22.7 Å². The third kappa shape index (κ3) is 4.09. The van der Waals surface area contributed by atoms with Crippen LogP contribution in [0.4, 0.5) is 0 Å². The van der Waals surface area contributed by atoms with Gasteiger partial charge in [0.1, 0.15) is 5.01 Å². The number of aromatic nitrogens is 1. The average molecular weight is 334 g/mol. The molecule has 3 rings (SSSR count). The van der Waals surface area contributed by atoms with Crippen molar-refractivity contribution >= 4 is 33.5 Å². The molecular formula is C16H15NOS3. The predicted molar refractivity (Wildman–Crippen MR) is 92.3 cm³/mol. The van der Waals surface area contributed by atoms with Gasteiger partial charge in [0.25, 0.3) is 0 Å². The maximum Gasteiger partial charge on any atom is 0.133 e. The normalized spacial score (nSPS) is 12.4. The fraction of sp³-hybridized carbons (Fsp3) is 0.188. The average Bonchev–Trinajstić information content (AvgIpc) is 3.17. The van der Waals surface area contributed by atoms with E-state index in [4.69, 9.17) is 0 Å². The molecule has 0 fully saturated rings. The number of thiophene rings is 1. The first-order valence-corrected chi connectivity index (χ1v) is 9.93. The molecule has 0 aliphatic heterocycles. The molecule has 21 heavy (non-hydrogen) atoms. The van der Waals surface area contributed by atoms with E-state index in [1.165, 1.54) is 10.4 Å². The van der Waals surface area contributed by atoms with Gasteiger partial charge in [-0.3, -0.25) is 4.21 Å². The minimum atomic E-state index is -0.857. The lowest BCUT2D eigenvalue weighted by atomic mass is 10.2. The first-order valence-electron chi connectivity index (χ1n) is 6.68. The van der Waals surface area contributed by atoms with Crippen LogP contribution >= 0.6 is 22.7 Å². The molecule has 108 valence electrons. The van der Waals surface area contributed by atoms with Gasteiger partial charge in [0.2, 0.25) is 0 Å². The molecule has 0 radical (unpaired) electrons. The zero-order chi connectivity index (χ0) is 14.5.